The maximum atomic E-state index is 9.94. The van der Waals surface area contributed by atoms with Gasteiger partial charge in [-0.3, -0.25) is 8.32 Å². The van der Waals surface area contributed by atoms with Gasteiger partial charge in [0.05, 0.1) is 0 Å². The molecule has 0 saturated carbocycles. The fraction of sp³-hybridized carbons (Fsp3) is 0.800. The van der Waals surface area contributed by atoms with Crippen LogP contribution in [0.4, 0.5) is 0 Å². The first-order chi connectivity index (χ1) is 4.27. The van der Waals surface area contributed by atoms with E-state index in [0.717, 1.165) is 19.4 Å². The van der Waals surface area contributed by atoms with E-state index in [9.17, 15) is 4.79 Å². The van der Waals surface area contributed by atoms with E-state index >= 15 is 0 Å². The molecule has 4 heteroatoms. The summed E-state index contributed by atoms with van der Waals surface area (Å²) < 4.78 is 2.92. The van der Waals surface area contributed by atoms with Crippen LogP contribution in [0, 0.1) is 0 Å². The quantitative estimate of drug-likeness (QED) is 0.433. The fourth-order valence-corrected chi connectivity index (χ4v) is 0.849. The van der Waals surface area contributed by atoms with Gasteiger partial charge in [-0.25, -0.2) is 0 Å². The summed E-state index contributed by atoms with van der Waals surface area (Å²) in [6, 6.07) is 0. The van der Waals surface area contributed by atoms with E-state index in [1.165, 1.54) is 0 Å². The van der Waals surface area contributed by atoms with Crippen LogP contribution in [-0.4, -0.2) is 17.6 Å². The number of nitrogens with one attached hydrogen (secondary N) is 1. The van der Waals surface area contributed by atoms with Crippen molar-refractivity contribution in [2.45, 2.75) is 19.3 Å². The molecule has 54 valence electrons. The van der Waals surface area contributed by atoms with E-state index in [1.807, 2.05) is 22.9 Å². The van der Waals surface area contributed by atoms with Gasteiger partial charge in [-0.2, -0.15) is 0 Å². The van der Waals surface area contributed by atoms with E-state index in [2.05, 4.69) is 3.53 Å². The highest BCUT2D eigenvalue weighted by molar-refractivity contribution is 14.1. The third kappa shape index (κ3) is 8.16. The molecule has 0 aromatic rings. The molecular formula is C5H10INO2. The highest BCUT2D eigenvalue weighted by Crippen LogP contribution is 1.93. The van der Waals surface area contributed by atoms with Gasteiger partial charge in [-0.05, 0) is 12.8 Å². The largest absolute Gasteiger partial charge is 0.481 e. The number of halogens is 1. The predicted molar refractivity (Wildman–Crippen MR) is 43.5 cm³/mol. The minimum atomic E-state index is -0.705. The van der Waals surface area contributed by atoms with Gasteiger partial charge in [0.1, 0.15) is 0 Å². The summed E-state index contributed by atoms with van der Waals surface area (Å²) in [7, 11) is 0. The lowest BCUT2D eigenvalue weighted by Gasteiger charge is -1.93. The molecule has 0 rings (SSSR count). The van der Waals surface area contributed by atoms with E-state index in [1.54, 1.807) is 0 Å². The van der Waals surface area contributed by atoms with Crippen LogP contribution in [0.15, 0.2) is 0 Å². The Morgan fingerprint density at radius 1 is 1.56 bits per heavy atom. The standard InChI is InChI=1S/C5H10INO2/c6-7-4-2-1-3-5(8)9/h7H,1-4H2,(H,8,9). The smallest absolute Gasteiger partial charge is 0.303 e. The molecule has 2 N–H and O–H groups in total. The number of carbonyl (C=O) groups is 1. The van der Waals surface area contributed by atoms with Crippen LogP contribution in [0.1, 0.15) is 19.3 Å². The third-order valence-electron chi connectivity index (χ3n) is 0.912. The number of unbranched alkanes of at least 4 members (excludes halogenated alkanes) is 1. The van der Waals surface area contributed by atoms with Crippen molar-refractivity contribution < 1.29 is 9.90 Å². The molecule has 0 aliphatic heterocycles. The minimum absolute atomic E-state index is 0.290. The van der Waals surface area contributed by atoms with Crippen LogP contribution in [-0.2, 0) is 4.79 Å². The number of carboxylic acid groups (broad SMARTS) is 1. The zero-order valence-corrected chi connectivity index (χ0v) is 7.22. The van der Waals surface area contributed by atoms with E-state index in [0.29, 0.717) is 0 Å². The summed E-state index contributed by atoms with van der Waals surface area (Å²) in [5, 5.41) is 8.19. The molecule has 0 saturated heterocycles. The van der Waals surface area contributed by atoms with Gasteiger partial charge in [0.15, 0.2) is 0 Å². The van der Waals surface area contributed by atoms with Crippen molar-refractivity contribution in [1.29, 1.82) is 0 Å². The van der Waals surface area contributed by atoms with Gasteiger partial charge in [-0.15, -0.1) is 0 Å². The summed E-state index contributed by atoms with van der Waals surface area (Å²) in [5.41, 5.74) is 0. The average molecular weight is 243 g/mol. The fourth-order valence-electron chi connectivity index (χ4n) is 0.468. The molecule has 0 aliphatic rings. The molecule has 0 unspecified atom stereocenters. The Labute approximate surface area is 68.3 Å². The van der Waals surface area contributed by atoms with E-state index in [4.69, 9.17) is 5.11 Å². The Kier molecular flexibility index (Phi) is 6.39. The minimum Gasteiger partial charge on any atom is -0.481 e. The molecule has 0 heterocycles. The first-order valence-corrected chi connectivity index (χ1v) is 3.90. The van der Waals surface area contributed by atoms with Crippen LogP contribution in [0.3, 0.4) is 0 Å². The maximum absolute atomic E-state index is 9.94. The third-order valence-corrected chi connectivity index (χ3v) is 1.45. The Morgan fingerprint density at radius 3 is 2.67 bits per heavy atom. The second-order valence-electron chi connectivity index (χ2n) is 1.73. The van der Waals surface area contributed by atoms with Gasteiger partial charge in [0.25, 0.3) is 0 Å². The van der Waals surface area contributed by atoms with Crippen molar-refractivity contribution in [3.8, 4) is 0 Å². The highest BCUT2D eigenvalue weighted by Gasteiger charge is 1.94. The molecule has 3 nitrogen and oxygen atoms in total. The Balaban J connectivity index is 2.83. The first-order valence-electron chi connectivity index (χ1n) is 2.82. The number of hydrogen-bond donors (Lipinski definition) is 2. The topological polar surface area (TPSA) is 49.3 Å². The van der Waals surface area contributed by atoms with Crippen LogP contribution < -0.4 is 3.53 Å². The van der Waals surface area contributed by atoms with Crippen LogP contribution in [0.25, 0.3) is 0 Å². The first kappa shape index (κ1) is 9.16. The molecule has 0 bridgehead atoms. The van der Waals surface area contributed by atoms with Gasteiger partial charge in [-0.1, -0.05) is 0 Å². The van der Waals surface area contributed by atoms with Crippen LogP contribution >= 0.6 is 22.9 Å². The van der Waals surface area contributed by atoms with Gasteiger partial charge in [0.2, 0.25) is 0 Å². The van der Waals surface area contributed by atoms with E-state index in [-0.39, 0.29) is 6.42 Å². The summed E-state index contributed by atoms with van der Waals surface area (Å²) in [6.07, 6.45) is 2.00. The molecule has 9 heavy (non-hydrogen) atoms. The van der Waals surface area contributed by atoms with Crippen molar-refractivity contribution >= 4 is 28.8 Å². The zero-order chi connectivity index (χ0) is 7.11. The molecular weight excluding hydrogens is 233 g/mol. The lowest BCUT2D eigenvalue weighted by molar-refractivity contribution is -0.137. The van der Waals surface area contributed by atoms with Crippen molar-refractivity contribution in [1.82, 2.24) is 3.53 Å². The van der Waals surface area contributed by atoms with Crippen molar-refractivity contribution in [3.63, 3.8) is 0 Å². The summed E-state index contributed by atoms with van der Waals surface area (Å²) in [6.45, 7) is 0.897. The number of carboxylic acids is 1. The molecule has 0 spiro atoms. The Bertz CT molecular complexity index is 87.0. The second kappa shape index (κ2) is 6.28. The predicted octanol–water partition coefficient (Wildman–Crippen LogP) is 1.18. The maximum Gasteiger partial charge on any atom is 0.303 e. The molecule has 0 aliphatic carbocycles. The lowest BCUT2D eigenvalue weighted by atomic mass is 10.2. The number of hydrogen-bond acceptors (Lipinski definition) is 2. The molecule has 0 atom stereocenters. The van der Waals surface area contributed by atoms with Crippen molar-refractivity contribution in [2.75, 3.05) is 6.54 Å². The van der Waals surface area contributed by atoms with Crippen LogP contribution in [0.5, 0.6) is 0 Å². The number of rotatable bonds is 5. The summed E-state index contributed by atoms with van der Waals surface area (Å²) in [4.78, 5) is 9.94. The molecule has 0 aromatic heterocycles. The normalized spacial score (nSPS) is 9.44. The summed E-state index contributed by atoms with van der Waals surface area (Å²) in [5.74, 6) is -0.705. The molecule has 0 amide bonds. The second-order valence-corrected chi connectivity index (χ2v) is 2.50. The number of aliphatic carboxylic acids is 1. The Morgan fingerprint density at radius 2 is 2.22 bits per heavy atom. The van der Waals surface area contributed by atoms with Crippen LogP contribution in [0.2, 0.25) is 0 Å². The molecule has 0 radical (unpaired) electrons. The monoisotopic (exact) mass is 243 g/mol. The zero-order valence-electron chi connectivity index (χ0n) is 5.06. The van der Waals surface area contributed by atoms with Crippen molar-refractivity contribution in [3.05, 3.63) is 0 Å². The molecule has 0 fully saturated rings. The van der Waals surface area contributed by atoms with Crippen molar-refractivity contribution in [2.24, 2.45) is 0 Å². The van der Waals surface area contributed by atoms with Gasteiger partial charge < -0.3 is 5.11 Å². The van der Waals surface area contributed by atoms with Gasteiger partial charge >= 0.3 is 5.97 Å². The lowest BCUT2D eigenvalue weighted by Crippen LogP contribution is -2.01. The highest BCUT2D eigenvalue weighted by atomic mass is 127. The summed E-state index contributed by atoms with van der Waals surface area (Å²) >= 11 is 2.05. The molecule has 0 aromatic carbocycles. The van der Waals surface area contributed by atoms with E-state index < -0.39 is 5.97 Å². The average Bonchev–Trinajstić information content (AvgIpc) is 1.80. The van der Waals surface area contributed by atoms with Gasteiger partial charge in [0, 0.05) is 35.8 Å². The SMILES string of the molecule is O=C(O)CCCCNI. The Hall–Kier alpha value is 0.160.